The molecular weight excluding hydrogens is 595 g/mol. The number of rotatable bonds is 16. The van der Waals surface area contributed by atoms with Gasteiger partial charge in [-0.1, -0.05) is 32.1 Å². The van der Waals surface area contributed by atoms with Gasteiger partial charge in [0.25, 0.3) is 0 Å². The summed E-state index contributed by atoms with van der Waals surface area (Å²) in [5.74, 6) is -8.75. The van der Waals surface area contributed by atoms with Crippen molar-refractivity contribution in [2.24, 2.45) is 5.14 Å². The van der Waals surface area contributed by atoms with Crippen LogP contribution in [0.2, 0.25) is 0 Å². The van der Waals surface area contributed by atoms with E-state index in [1.807, 2.05) is 0 Å². The van der Waals surface area contributed by atoms with Crippen molar-refractivity contribution >= 4 is 37.4 Å². The number of primary sulfonamides is 1. The number of nitrogens with one attached hydrogen (secondary N) is 2. The molecule has 1 aliphatic carbocycles. The molecule has 0 spiro atoms. The molecule has 0 atom stereocenters. The lowest BCUT2D eigenvalue weighted by Gasteiger charge is -2.25. The first-order chi connectivity index (χ1) is 19.3. The SMILES string of the molecule is NS(=O)(=O)c1c(F)c(F)c(S(=O)(=O)CCNC(=O)CCOCCOCCC(=O)O)c(NC2CCCCCCC2)c1F. The van der Waals surface area contributed by atoms with Crippen LogP contribution in [0.1, 0.15) is 57.8 Å². The number of sulfonamides is 1. The summed E-state index contributed by atoms with van der Waals surface area (Å²) in [6.07, 6.45) is 4.75. The van der Waals surface area contributed by atoms with Gasteiger partial charge >= 0.3 is 5.97 Å². The standard InChI is InChI=1S/C24H36F3N3O9S2/c25-19-20(26)24(22(21(27)23(19)41(28,36)37)30-16-6-4-2-1-3-5-7-16)40(34,35)15-10-29-17(31)8-11-38-13-14-39-12-9-18(32)33/h16,30H,1-15H2,(H,29,31)(H,32,33)(H2,28,36,37). The molecule has 1 aromatic carbocycles. The van der Waals surface area contributed by atoms with Crippen LogP contribution >= 0.6 is 0 Å². The molecule has 1 fully saturated rings. The van der Waals surface area contributed by atoms with E-state index in [2.05, 4.69) is 10.6 Å². The topological polar surface area (TPSA) is 191 Å². The predicted molar refractivity (Wildman–Crippen MR) is 141 cm³/mol. The second-order valence-electron chi connectivity index (χ2n) is 9.49. The summed E-state index contributed by atoms with van der Waals surface area (Å²) in [6.45, 7) is -0.403. The number of carbonyl (C=O) groups is 2. The van der Waals surface area contributed by atoms with Crippen molar-refractivity contribution in [2.45, 2.75) is 73.6 Å². The molecule has 1 aromatic rings. The van der Waals surface area contributed by atoms with Gasteiger partial charge in [-0.15, -0.1) is 0 Å². The van der Waals surface area contributed by atoms with E-state index < -0.39 is 83.0 Å². The lowest BCUT2D eigenvalue weighted by molar-refractivity contribution is -0.138. The van der Waals surface area contributed by atoms with Crippen molar-refractivity contribution in [2.75, 3.05) is 44.0 Å². The van der Waals surface area contributed by atoms with E-state index in [0.29, 0.717) is 25.7 Å². The van der Waals surface area contributed by atoms with Crippen LogP contribution in [0.25, 0.3) is 0 Å². The molecule has 0 aromatic heterocycles. The first kappa shape index (κ1) is 34.7. The minimum absolute atomic E-state index is 0.00466. The van der Waals surface area contributed by atoms with Gasteiger partial charge in [-0.3, -0.25) is 9.59 Å². The van der Waals surface area contributed by atoms with Crippen molar-refractivity contribution in [3.05, 3.63) is 17.5 Å². The third-order valence-electron chi connectivity index (χ3n) is 6.29. The lowest BCUT2D eigenvalue weighted by Crippen LogP contribution is -2.31. The van der Waals surface area contributed by atoms with Crippen molar-refractivity contribution in [1.82, 2.24) is 5.32 Å². The molecule has 0 unspecified atom stereocenters. The van der Waals surface area contributed by atoms with Crippen LogP contribution in [-0.4, -0.2) is 78.6 Å². The third-order valence-corrected chi connectivity index (χ3v) is 8.96. The highest BCUT2D eigenvalue weighted by Gasteiger charge is 2.36. The second kappa shape index (κ2) is 16.2. The summed E-state index contributed by atoms with van der Waals surface area (Å²) in [7, 11) is -9.89. The monoisotopic (exact) mass is 631 g/mol. The Hall–Kier alpha value is -2.47. The van der Waals surface area contributed by atoms with Crippen molar-refractivity contribution in [3.8, 4) is 0 Å². The summed E-state index contributed by atoms with van der Waals surface area (Å²) < 4.78 is 105. The van der Waals surface area contributed by atoms with Crippen LogP contribution in [0.3, 0.4) is 0 Å². The number of carboxylic acid groups (broad SMARTS) is 1. The summed E-state index contributed by atoms with van der Waals surface area (Å²) in [5, 5.41) is 18.3. The van der Waals surface area contributed by atoms with Crippen LogP contribution in [0.4, 0.5) is 18.9 Å². The minimum Gasteiger partial charge on any atom is -0.481 e. The Balaban J connectivity index is 2.10. The Bertz CT molecular complexity index is 1270. The molecule has 0 aliphatic heterocycles. The second-order valence-corrected chi connectivity index (χ2v) is 13.0. The molecular formula is C24H36F3N3O9S2. The Morgan fingerprint density at radius 2 is 1.37 bits per heavy atom. The Morgan fingerprint density at radius 1 is 0.829 bits per heavy atom. The van der Waals surface area contributed by atoms with Gasteiger partial charge in [-0.05, 0) is 12.8 Å². The van der Waals surface area contributed by atoms with E-state index in [0.717, 1.165) is 19.3 Å². The van der Waals surface area contributed by atoms with Gasteiger partial charge in [0, 0.05) is 19.0 Å². The first-order valence-electron chi connectivity index (χ1n) is 13.1. The molecule has 41 heavy (non-hydrogen) atoms. The number of ether oxygens (including phenoxy) is 2. The van der Waals surface area contributed by atoms with Gasteiger partial charge in [-0.25, -0.2) is 35.1 Å². The number of aliphatic carboxylic acids is 1. The van der Waals surface area contributed by atoms with Gasteiger partial charge in [0.2, 0.25) is 15.9 Å². The highest BCUT2D eigenvalue weighted by atomic mass is 32.2. The van der Waals surface area contributed by atoms with Gasteiger partial charge in [0.1, 0.15) is 4.90 Å². The van der Waals surface area contributed by atoms with Crippen LogP contribution in [0.15, 0.2) is 9.79 Å². The smallest absolute Gasteiger partial charge is 0.305 e. The number of amides is 1. The van der Waals surface area contributed by atoms with Crippen LogP contribution < -0.4 is 15.8 Å². The van der Waals surface area contributed by atoms with Crippen LogP contribution in [0, 0.1) is 17.5 Å². The molecule has 5 N–H and O–H groups in total. The van der Waals surface area contributed by atoms with Crippen molar-refractivity contribution in [1.29, 1.82) is 0 Å². The summed E-state index contributed by atoms with van der Waals surface area (Å²) in [6, 6.07) is -0.529. The highest BCUT2D eigenvalue weighted by Crippen LogP contribution is 2.36. The van der Waals surface area contributed by atoms with Crippen LogP contribution in [-0.2, 0) is 38.9 Å². The first-order valence-corrected chi connectivity index (χ1v) is 16.3. The van der Waals surface area contributed by atoms with E-state index in [-0.39, 0.29) is 39.3 Å². The maximum Gasteiger partial charge on any atom is 0.305 e. The normalized spacial score (nSPS) is 15.2. The molecule has 234 valence electrons. The van der Waals surface area contributed by atoms with E-state index in [1.54, 1.807) is 0 Å². The Labute approximate surface area is 237 Å². The van der Waals surface area contributed by atoms with E-state index in [9.17, 15) is 30.8 Å². The number of sulfone groups is 1. The average Bonchev–Trinajstić information content (AvgIpc) is 2.84. The molecule has 0 radical (unpaired) electrons. The van der Waals surface area contributed by atoms with Crippen LogP contribution in [0.5, 0.6) is 0 Å². The number of hydrogen-bond donors (Lipinski definition) is 4. The van der Waals surface area contributed by atoms with Crippen molar-refractivity contribution < 1.29 is 54.2 Å². The molecule has 1 aliphatic rings. The zero-order valence-corrected chi connectivity index (χ0v) is 24.1. The van der Waals surface area contributed by atoms with E-state index in [4.69, 9.17) is 19.7 Å². The maximum absolute atomic E-state index is 15.4. The molecule has 1 saturated carbocycles. The average molecular weight is 632 g/mol. The van der Waals surface area contributed by atoms with Crippen molar-refractivity contribution in [3.63, 3.8) is 0 Å². The molecule has 17 heteroatoms. The molecule has 1 amide bonds. The molecule has 12 nitrogen and oxygen atoms in total. The zero-order chi connectivity index (χ0) is 30.6. The summed E-state index contributed by atoms with van der Waals surface area (Å²) in [4.78, 5) is 19.3. The third kappa shape index (κ3) is 11.0. The van der Waals surface area contributed by atoms with Gasteiger partial charge in [0.05, 0.1) is 44.3 Å². The number of benzene rings is 1. The number of hydrogen-bond acceptors (Lipinski definition) is 9. The van der Waals surface area contributed by atoms with E-state index >= 15 is 8.78 Å². The predicted octanol–water partition coefficient (Wildman–Crippen LogP) is 2.06. The number of nitrogens with two attached hydrogens (primary N) is 1. The van der Waals surface area contributed by atoms with Gasteiger partial charge in [0.15, 0.2) is 32.2 Å². The highest BCUT2D eigenvalue weighted by molar-refractivity contribution is 7.91. The quantitative estimate of drug-likeness (QED) is 0.155. The Morgan fingerprint density at radius 3 is 1.93 bits per heavy atom. The Kier molecular flexibility index (Phi) is 13.8. The fraction of sp³-hybridized carbons (Fsp3) is 0.667. The summed E-state index contributed by atoms with van der Waals surface area (Å²) in [5.41, 5.74) is -1.01. The molecule has 0 bridgehead atoms. The fourth-order valence-corrected chi connectivity index (χ4v) is 6.34. The fourth-order valence-electron chi connectivity index (χ4n) is 4.26. The number of halogens is 3. The number of anilines is 1. The number of carbonyl (C=O) groups excluding carboxylic acids is 1. The largest absolute Gasteiger partial charge is 0.481 e. The lowest BCUT2D eigenvalue weighted by atomic mass is 9.96. The zero-order valence-electron chi connectivity index (χ0n) is 22.4. The molecule has 0 saturated heterocycles. The minimum atomic E-state index is -5.10. The molecule has 2 rings (SSSR count). The summed E-state index contributed by atoms with van der Waals surface area (Å²) >= 11 is 0. The van der Waals surface area contributed by atoms with Gasteiger partial charge in [-0.2, -0.15) is 0 Å². The van der Waals surface area contributed by atoms with Gasteiger partial charge < -0.3 is 25.2 Å². The molecule has 0 heterocycles. The van der Waals surface area contributed by atoms with E-state index in [1.165, 1.54) is 0 Å². The number of carboxylic acids is 1. The maximum atomic E-state index is 15.4.